The molecule has 3 aliphatic rings. The Morgan fingerprint density at radius 2 is 1.16 bits per heavy atom. The summed E-state index contributed by atoms with van der Waals surface area (Å²) in [6, 6.07) is 25.2. The fourth-order valence-electron chi connectivity index (χ4n) is 7.26. The number of anilines is 3. The molecule has 4 aromatic carbocycles. The highest BCUT2D eigenvalue weighted by molar-refractivity contribution is 9.10. The maximum Gasteiger partial charge on any atom is 0.260 e. The summed E-state index contributed by atoms with van der Waals surface area (Å²) in [6.07, 6.45) is 2.23. The molecule has 18 heteroatoms. The van der Waals surface area contributed by atoms with Crippen LogP contribution in [0.5, 0.6) is 5.88 Å². The van der Waals surface area contributed by atoms with Crippen LogP contribution in [0.4, 0.5) is 17.3 Å². The Kier molecular flexibility index (Phi) is 11.8. The molecule has 3 amide bonds. The van der Waals surface area contributed by atoms with Crippen molar-refractivity contribution in [1.29, 1.82) is 0 Å². The lowest BCUT2D eigenvalue weighted by atomic mass is 9.91. The van der Waals surface area contributed by atoms with Crippen LogP contribution in [0.25, 0.3) is 0 Å². The average Bonchev–Trinajstić information content (AvgIpc) is 3.83. The Hall–Kier alpha value is -3.68. The minimum absolute atomic E-state index is 0.0172. The molecule has 1 saturated heterocycles. The van der Waals surface area contributed by atoms with Gasteiger partial charge in [-0.3, -0.25) is 28.4 Å². The van der Waals surface area contributed by atoms with Crippen LogP contribution in [-0.4, -0.2) is 63.5 Å². The van der Waals surface area contributed by atoms with Crippen molar-refractivity contribution in [3.05, 3.63) is 131 Å². The maximum absolute atomic E-state index is 13.8. The van der Waals surface area contributed by atoms with Gasteiger partial charge in [0.1, 0.15) is 17.6 Å². The van der Waals surface area contributed by atoms with Crippen molar-refractivity contribution >= 4 is 127 Å². The van der Waals surface area contributed by atoms with Crippen LogP contribution in [0.2, 0.25) is 20.1 Å². The van der Waals surface area contributed by atoms with Crippen molar-refractivity contribution in [3.63, 3.8) is 0 Å². The number of benzene rings is 4. The fraction of sp³-hybridized carbons (Fsp3) is 0.225. The second-order valence-electron chi connectivity index (χ2n) is 14.6. The largest absolute Gasteiger partial charge is 0.425 e. The highest BCUT2D eigenvalue weighted by atomic mass is 79.9. The number of rotatable bonds is 8. The predicted molar refractivity (Wildman–Crippen MR) is 237 cm³/mol. The van der Waals surface area contributed by atoms with E-state index in [0.29, 0.717) is 56.2 Å². The zero-order valence-electron chi connectivity index (χ0n) is 31.2. The van der Waals surface area contributed by atoms with Crippen molar-refractivity contribution in [2.24, 2.45) is 4.99 Å². The standard InChI is InChI=1S/C21H19BrCl2N3O3P.C19H14BrCl2N3O2/c1-21(11-13-4-6-14(22)7-5-13)19(28)26(17-9-15(23)8-16(24)10-17)20-25-12-18(27(20)21)30-31(2,3)29;1-19(9-11-2-4-12(20)5-3-11)17(27)24(18-23-10-16(26)25(18)19)15-7-13(21)6-14(22)8-15/h4-10,12H,11H2,1-3H3;2-8H,9-10H2,1H3/t21-;19-/m11/s1. The molecule has 0 N–H and O–H groups in total. The first-order chi connectivity index (χ1) is 27.3. The van der Waals surface area contributed by atoms with Gasteiger partial charge in [0.25, 0.3) is 17.7 Å². The molecule has 0 spiro atoms. The van der Waals surface area contributed by atoms with Crippen molar-refractivity contribution < 1.29 is 23.5 Å². The van der Waals surface area contributed by atoms with Gasteiger partial charge in [-0.2, -0.15) is 0 Å². The van der Waals surface area contributed by atoms with E-state index in [4.69, 9.17) is 50.9 Å². The summed E-state index contributed by atoms with van der Waals surface area (Å²) in [5, 5.41) is 1.61. The number of halogens is 6. The molecule has 0 radical (unpaired) electrons. The molecule has 0 bridgehead atoms. The average molecular weight is 1010 g/mol. The zero-order chi connectivity index (χ0) is 41.9. The molecule has 11 nitrogen and oxygen atoms in total. The molecule has 4 heterocycles. The Morgan fingerprint density at radius 3 is 1.64 bits per heavy atom. The predicted octanol–water partition coefficient (Wildman–Crippen LogP) is 10.8. The van der Waals surface area contributed by atoms with E-state index in [1.807, 2.05) is 55.5 Å². The Morgan fingerprint density at radius 1 is 0.707 bits per heavy atom. The van der Waals surface area contributed by atoms with E-state index >= 15 is 0 Å². The van der Waals surface area contributed by atoms with Crippen LogP contribution in [0.3, 0.4) is 0 Å². The second-order valence-corrected chi connectivity index (χ2v) is 20.9. The van der Waals surface area contributed by atoms with E-state index < -0.39 is 18.4 Å². The molecule has 1 fully saturated rings. The van der Waals surface area contributed by atoms with Crippen LogP contribution < -0.4 is 14.3 Å². The van der Waals surface area contributed by atoms with Crippen molar-refractivity contribution in [2.75, 3.05) is 29.7 Å². The number of guanidine groups is 1. The molecular formula is C40H33Br2Cl4N6O5P. The van der Waals surface area contributed by atoms with E-state index in [0.717, 1.165) is 20.1 Å². The highest BCUT2D eigenvalue weighted by Gasteiger charge is 2.58. The number of fused-ring (bicyclic) bond motifs is 2. The summed E-state index contributed by atoms with van der Waals surface area (Å²) in [5.41, 5.74) is 0.742. The highest BCUT2D eigenvalue weighted by Crippen LogP contribution is 2.49. The van der Waals surface area contributed by atoms with Gasteiger partial charge >= 0.3 is 0 Å². The molecule has 0 unspecified atom stereocenters. The number of hydrogen-bond donors (Lipinski definition) is 0. The number of nitrogens with zero attached hydrogens (tertiary/aromatic N) is 6. The lowest BCUT2D eigenvalue weighted by Gasteiger charge is -2.29. The van der Waals surface area contributed by atoms with E-state index in [-0.39, 0.29) is 30.1 Å². The molecule has 8 rings (SSSR count). The van der Waals surface area contributed by atoms with Gasteiger partial charge in [0.2, 0.25) is 25.2 Å². The van der Waals surface area contributed by atoms with E-state index in [2.05, 4.69) is 41.8 Å². The number of hydrogen-bond acceptors (Lipinski definition) is 7. The smallest absolute Gasteiger partial charge is 0.260 e. The number of carbonyl (C=O) groups is 3. The van der Waals surface area contributed by atoms with Gasteiger partial charge in [-0.25, -0.2) is 19.8 Å². The minimum Gasteiger partial charge on any atom is -0.425 e. The second kappa shape index (κ2) is 16.1. The molecule has 0 aliphatic carbocycles. The summed E-state index contributed by atoms with van der Waals surface area (Å²) in [6.45, 7) is 6.64. The normalized spacial score (nSPS) is 19.9. The number of aliphatic imine (C=N–C) groups is 1. The number of aromatic nitrogens is 2. The number of imidazole rings is 1. The number of amides is 3. The van der Waals surface area contributed by atoms with Gasteiger partial charge in [-0.15, -0.1) is 0 Å². The van der Waals surface area contributed by atoms with Gasteiger partial charge in [-0.1, -0.05) is 103 Å². The third-order valence-corrected chi connectivity index (χ3v) is 12.2. The van der Waals surface area contributed by atoms with Crippen LogP contribution >= 0.6 is 85.6 Å². The van der Waals surface area contributed by atoms with E-state index in [9.17, 15) is 18.9 Å². The van der Waals surface area contributed by atoms with E-state index in [1.54, 1.807) is 47.9 Å². The summed E-state index contributed by atoms with van der Waals surface area (Å²) in [7, 11) is -2.90. The van der Waals surface area contributed by atoms with Crippen molar-refractivity contribution in [3.8, 4) is 5.88 Å². The molecule has 2 atom stereocenters. The topological polar surface area (TPSA) is 117 Å². The summed E-state index contributed by atoms with van der Waals surface area (Å²) in [4.78, 5) is 52.9. The zero-order valence-corrected chi connectivity index (χ0v) is 38.3. The molecule has 1 aromatic heterocycles. The molecular weight excluding hydrogens is 977 g/mol. The maximum atomic E-state index is 13.8. The van der Waals surface area contributed by atoms with Crippen LogP contribution in [-0.2, 0) is 37.3 Å². The third-order valence-electron chi connectivity index (χ3n) is 9.68. The lowest BCUT2D eigenvalue weighted by molar-refractivity contribution is -0.135. The molecule has 300 valence electrons. The first-order valence-corrected chi connectivity index (χ1v) is 23.2. The monoisotopic (exact) mass is 1010 g/mol. The van der Waals surface area contributed by atoms with Crippen LogP contribution in [0, 0.1) is 0 Å². The minimum atomic E-state index is -2.90. The lowest BCUT2D eigenvalue weighted by Crippen LogP contribution is -2.50. The van der Waals surface area contributed by atoms with Crippen molar-refractivity contribution in [1.82, 2.24) is 14.5 Å². The van der Waals surface area contributed by atoms with Gasteiger partial charge in [-0.05, 0) is 85.6 Å². The van der Waals surface area contributed by atoms with Gasteiger partial charge in [0.05, 0.1) is 17.6 Å². The third kappa shape index (κ3) is 8.24. The van der Waals surface area contributed by atoms with Crippen molar-refractivity contribution in [2.45, 2.75) is 37.8 Å². The molecule has 3 aliphatic heterocycles. The first kappa shape index (κ1) is 42.4. The molecule has 5 aromatic rings. The van der Waals surface area contributed by atoms with Gasteiger partial charge in [0, 0.05) is 55.2 Å². The summed E-state index contributed by atoms with van der Waals surface area (Å²) < 4.78 is 21.7. The fourth-order valence-corrected chi connectivity index (χ4v) is 9.40. The first-order valence-electron chi connectivity index (χ1n) is 17.6. The quantitative estimate of drug-likeness (QED) is 0.143. The number of carbonyl (C=O) groups excluding carboxylic acids is 3. The van der Waals surface area contributed by atoms with Crippen LogP contribution in [0.1, 0.15) is 25.0 Å². The molecule has 0 saturated carbocycles. The molecule has 58 heavy (non-hydrogen) atoms. The summed E-state index contributed by atoms with van der Waals surface area (Å²) >= 11 is 31.5. The Bertz CT molecular complexity index is 2530. The van der Waals surface area contributed by atoms with Gasteiger partial charge in [0.15, 0.2) is 0 Å². The Balaban J connectivity index is 0.000000178. The Labute approximate surface area is 371 Å². The summed E-state index contributed by atoms with van der Waals surface area (Å²) in [5.74, 6) is 0.286. The van der Waals surface area contributed by atoms with Crippen LogP contribution in [0.15, 0.2) is 105 Å². The van der Waals surface area contributed by atoms with E-state index in [1.165, 1.54) is 34.2 Å². The van der Waals surface area contributed by atoms with Gasteiger partial charge < -0.3 is 4.52 Å². The SMILES string of the molecule is C[C@@]1(Cc2ccc(Br)cc2)C(=O)N(c2cc(Cl)cc(Cl)c2)C2=NCC(=O)N21.C[C@@]1(Cc2ccc(Br)cc2)C(=O)N(c2cc(Cl)cc(Cl)c2)c2ncc(OP(C)(C)=O)n21.